The van der Waals surface area contributed by atoms with Gasteiger partial charge < -0.3 is 10.4 Å². The molecule has 0 aliphatic carbocycles. The Labute approximate surface area is 127 Å². The summed E-state index contributed by atoms with van der Waals surface area (Å²) >= 11 is 1.37. The molecule has 0 aliphatic rings. The van der Waals surface area contributed by atoms with Crippen LogP contribution in [0.2, 0.25) is 0 Å². The summed E-state index contributed by atoms with van der Waals surface area (Å²) in [5.41, 5.74) is 1.80. The second-order valence-electron chi connectivity index (χ2n) is 4.31. The van der Waals surface area contributed by atoms with Gasteiger partial charge in [0.15, 0.2) is 0 Å². The van der Waals surface area contributed by atoms with E-state index in [1.165, 1.54) is 11.3 Å². The van der Waals surface area contributed by atoms with E-state index in [1.54, 1.807) is 12.4 Å². The Kier molecular flexibility index (Phi) is 5.95. The minimum absolute atomic E-state index is 0.0315. The van der Waals surface area contributed by atoms with Gasteiger partial charge in [-0.2, -0.15) is 0 Å². The summed E-state index contributed by atoms with van der Waals surface area (Å²) in [7, 11) is 0. The van der Waals surface area contributed by atoms with Crippen LogP contribution in [0.25, 0.3) is 0 Å². The number of hydrogen-bond donors (Lipinski definition) is 2. The predicted octanol–water partition coefficient (Wildman–Crippen LogP) is 1.85. The molecule has 2 N–H and O–H groups in total. The number of nitrogens with one attached hydrogen (secondary N) is 1. The summed E-state index contributed by atoms with van der Waals surface area (Å²) < 4.78 is 0. The molecule has 0 saturated carbocycles. The van der Waals surface area contributed by atoms with Crippen LogP contribution in [0.5, 0.6) is 0 Å². The molecule has 0 atom stereocenters. The van der Waals surface area contributed by atoms with Crippen molar-refractivity contribution in [2.75, 3.05) is 13.2 Å². The summed E-state index contributed by atoms with van der Waals surface area (Å²) in [6.07, 6.45) is 4.68. The Bertz CT molecular complexity index is 641. The van der Waals surface area contributed by atoms with Crippen LogP contribution in [0.15, 0.2) is 36.0 Å². The van der Waals surface area contributed by atoms with E-state index >= 15 is 0 Å². The van der Waals surface area contributed by atoms with Crippen LogP contribution in [-0.4, -0.2) is 29.1 Å². The number of thiophene rings is 1. The average Bonchev–Trinajstić information content (AvgIpc) is 2.97. The highest BCUT2D eigenvalue weighted by Crippen LogP contribution is 2.15. The molecular weight excluding hydrogens is 284 g/mol. The first-order valence-corrected chi connectivity index (χ1v) is 7.53. The molecule has 21 heavy (non-hydrogen) atoms. The molecule has 0 aromatic carbocycles. The van der Waals surface area contributed by atoms with Gasteiger partial charge in [-0.05, 0) is 29.5 Å². The third-order valence-electron chi connectivity index (χ3n) is 2.75. The molecule has 2 rings (SSSR count). The fourth-order valence-electron chi connectivity index (χ4n) is 1.74. The molecule has 0 fully saturated rings. The Morgan fingerprint density at radius 2 is 2.33 bits per heavy atom. The van der Waals surface area contributed by atoms with Gasteiger partial charge in [0.25, 0.3) is 5.91 Å². The van der Waals surface area contributed by atoms with Crippen molar-refractivity contribution in [2.45, 2.75) is 12.8 Å². The van der Waals surface area contributed by atoms with Gasteiger partial charge in [0, 0.05) is 30.9 Å². The van der Waals surface area contributed by atoms with Crippen molar-refractivity contribution in [3.05, 3.63) is 52.0 Å². The zero-order chi connectivity index (χ0) is 14.9. The minimum Gasteiger partial charge on any atom is -0.395 e. The van der Waals surface area contributed by atoms with Gasteiger partial charge >= 0.3 is 0 Å². The van der Waals surface area contributed by atoms with Gasteiger partial charge in [0.05, 0.1) is 6.61 Å². The molecular formula is C16H16N2O2S. The summed E-state index contributed by atoms with van der Waals surface area (Å²) in [4.78, 5) is 16.8. The van der Waals surface area contributed by atoms with Crippen molar-refractivity contribution in [1.29, 1.82) is 0 Å². The van der Waals surface area contributed by atoms with Crippen LogP contribution in [0.3, 0.4) is 0 Å². The van der Waals surface area contributed by atoms with Gasteiger partial charge in [-0.3, -0.25) is 9.78 Å². The van der Waals surface area contributed by atoms with Crippen LogP contribution in [0.1, 0.15) is 27.2 Å². The lowest BCUT2D eigenvalue weighted by atomic mass is 10.2. The monoisotopic (exact) mass is 300 g/mol. The maximum absolute atomic E-state index is 12.1. The lowest BCUT2D eigenvalue weighted by Crippen LogP contribution is -2.25. The number of amides is 1. The van der Waals surface area contributed by atoms with Gasteiger partial charge in [-0.1, -0.05) is 17.9 Å². The SMILES string of the molecule is O=C(NCCc1cccnc1)c1sccc1C#CCCO. The topological polar surface area (TPSA) is 62.2 Å². The molecule has 0 radical (unpaired) electrons. The molecule has 4 nitrogen and oxygen atoms in total. The van der Waals surface area contributed by atoms with E-state index in [2.05, 4.69) is 22.1 Å². The highest BCUT2D eigenvalue weighted by molar-refractivity contribution is 7.12. The number of nitrogens with zero attached hydrogens (tertiary/aromatic N) is 1. The molecule has 0 aliphatic heterocycles. The molecule has 1 amide bonds. The second-order valence-corrected chi connectivity index (χ2v) is 5.22. The summed E-state index contributed by atoms with van der Waals surface area (Å²) in [5.74, 6) is 5.64. The van der Waals surface area contributed by atoms with Crippen LogP contribution in [0.4, 0.5) is 0 Å². The van der Waals surface area contributed by atoms with E-state index in [4.69, 9.17) is 5.11 Å². The molecule has 108 valence electrons. The fraction of sp³-hybridized carbons (Fsp3) is 0.250. The van der Waals surface area contributed by atoms with E-state index in [1.807, 2.05) is 23.6 Å². The normalized spacial score (nSPS) is 9.76. The van der Waals surface area contributed by atoms with E-state index in [0.29, 0.717) is 23.4 Å². The van der Waals surface area contributed by atoms with Crippen LogP contribution < -0.4 is 5.32 Å². The number of aromatic nitrogens is 1. The maximum atomic E-state index is 12.1. The molecule has 5 heteroatoms. The van der Waals surface area contributed by atoms with E-state index in [0.717, 1.165) is 12.0 Å². The lowest BCUT2D eigenvalue weighted by molar-refractivity contribution is 0.0958. The van der Waals surface area contributed by atoms with Crippen molar-refractivity contribution < 1.29 is 9.90 Å². The van der Waals surface area contributed by atoms with E-state index in [9.17, 15) is 4.79 Å². The average molecular weight is 300 g/mol. The third kappa shape index (κ3) is 4.71. The summed E-state index contributed by atoms with van der Waals surface area (Å²) in [5, 5.41) is 13.5. The molecule has 2 heterocycles. The largest absolute Gasteiger partial charge is 0.395 e. The predicted molar refractivity (Wildman–Crippen MR) is 83.2 cm³/mol. The molecule has 0 unspecified atom stereocenters. The van der Waals surface area contributed by atoms with Crippen LogP contribution >= 0.6 is 11.3 Å². The van der Waals surface area contributed by atoms with Crippen molar-refractivity contribution in [3.63, 3.8) is 0 Å². The minimum atomic E-state index is -0.109. The zero-order valence-corrected chi connectivity index (χ0v) is 12.3. The second kappa shape index (κ2) is 8.20. The number of hydrogen-bond acceptors (Lipinski definition) is 4. The molecule has 2 aromatic rings. The van der Waals surface area contributed by atoms with Gasteiger partial charge in [0.1, 0.15) is 4.88 Å². The first-order chi connectivity index (χ1) is 10.3. The Morgan fingerprint density at radius 3 is 3.10 bits per heavy atom. The van der Waals surface area contributed by atoms with Gasteiger partial charge in [-0.15, -0.1) is 11.3 Å². The first-order valence-electron chi connectivity index (χ1n) is 6.65. The number of carbonyl (C=O) groups excluding carboxylic acids is 1. The third-order valence-corrected chi connectivity index (χ3v) is 3.67. The zero-order valence-electron chi connectivity index (χ0n) is 11.5. The van der Waals surface area contributed by atoms with Crippen molar-refractivity contribution in [2.24, 2.45) is 0 Å². The Balaban J connectivity index is 1.89. The number of pyridine rings is 1. The van der Waals surface area contributed by atoms with Crippen molar-refractivity contribution in [1.82, 2.24) is 10.3 Å². The Hall–Kier alpha value is -2.16. The molecule has 0 bridgehead atoms. The maximum Gasteiger partial charge on any atom is 0.262 e. The first kappa shape index (κ1) is 15.2. The quantitative estimate of drug-likeness (QED) is 0.828. The lowest BCUT2D eigenvalue weighted by Gasteiger charge is -2.04. The summed E-state index contributed by atoms with van der Waals surface area (Å²) in [6, 6.07) is 5.69. The number of aliphatic hydroxyl groups excluding tert-OH is 1. The Morgan fingerprint density at radius 1 is 1.43 bits per heavy atom. The van der Waals surface area contributed by atoms with Crippen molar-refractivity contribution in [3.8, 4) is 11.8 Å². The smallest absolute Gasteiger partial charge is 0.262 e. The van der Waals surface area contributed by atoms with Crippen molar-refractivity contribution >= 4 is 17.2 Å². The summed E-state index contributed by atoms with van der Waals surface area (Å²) in [6.45, 7) is 0.593. The standard InChI is InChI=1S/C16H16N2O2S/c19-10-2-1-5-14-7-11-21-15(14)16(20)18-9-6-13-4-3-8-17-12-13/h3-4,7-8,11-12,19H,2,6,9-10H2,(H,18,20). The molecule has 0 spiro atoms. The van der Waals surface area contributed by atoms with E-state index < -0.39 is 0 Å². The highest BCUT2D eigenvalue weighted by atomic mass is 32.1. The van der Waals surface area contributed by atoms with Crippen LogP contribution in [0, 0.1) is 11.8 Å². The fourth-order valence-corrected chi connectivity index (χ4v) is 2.51. The highest BCUT2D eigenvalue weighted by Gasteiger charge is 2.11. The van der Waals surface area contributed by atoms with Crippen LogP contribution in [-0.2, 0) is 6.42 Å². The number of carbonyl (C=O) groups is 1. The number of rotatable bonds is 5. The number of aliphatic hydroxyl groups is 1. The van der Waals surface area contributed by atoms with Gasteiger partial charge in [-0.25, -0.2) is 0 Å². The van der Waals surface area contributed by atoms with Gasteiger partial charge in [0.2, 0.25) is 0 Å². The molecule has 0 saturated heterocycles. The molecule has 2 aromatic heterocycles. The van der Waals surface area contributed by atoms with E-state index in [-0.39, 0.29) is 12.5 Å².